The largest absolute Gasteiger partial charge is 0.325 e. The van der Waals surface area contributed by atoms with Crippen LogP contribution in [0.5, 0.6) is 0 Å². The molecule has 0 aliphatic heterocycles. The lowest BCUT2D eigenvalue weighted by Crippen LogP contribution is -2.37. The Hall–Kier alpha value is -2.34. The first-order chi connectivity index (χ1) is 11.8. The van der Waals surface area contributed by atoms with Gasteiger partial charge in [0.25, 0.3) is 0 Å². The molecule has 1 N–H and O–H groups in total. The molecule has 0 aliphatic carbocycles. The summed E-state index contributed by atoms with van der Waals surface area (Å²) in [4.78, 5) is 12.3. The Kier molecular flexibility index (Phi) is 6.20. The molecule has 0 saturated heterocycles. The highest BCUT2D eigenvalue weighted by Gasteiger charge is 2.20. The van der Waals surface area contributed by atoms with Gasteiger partial charge < -0.3 is 5.32 Å². The van der Waals surface area contributed by atoms with Gasteiger partial charge in [-0.25, -0.2) is 8.42 Å². The number of nitrogens with zero attached hydrogens (tertiary/aromatic N) is 1. The van der Waals surface area contributed by atoms with Crippen LogP contribution in [0, 0.1) is 0 Å². The van der Waals surface area contributed by atoms with E-state index in [9.17, 15) is 13.2 Å². The lowest BCUT2D eigenvalue weighted by molar-refractivity contribution is -0.114. The zero-order valence-corrected chi connectivity index (χ0v) is 15.6. The highest BCUT2D eigenvalue weighted by molar-refractivity contribution is 7.92. The number of hydrogen-bond acceptors (Lipinski definition) is 3. The van der Waals surface area contributed by atoms with E-state index in [0.29, 0.717) is 11.4 Å². The predicted octanol–water partition coefficient (Wildman–Crippen LogP) is 3.22. The van der Waals surface area contributed by atoms with E-state index in [-0.39, 0.29) is 12.5 Å². The van der Waals surface area contributed by atoms with Crippen LogP contribution in [0.1, 0.15) is 25.0 Å². The van der Waals surface area contributed by atoms with Crippen molar-refractivity contribution in [3.63, 3.8) is 0 Å². The molecule has 0 aliphatic rings. The summed E-state index contributed by atoms with van der Waals surface area (Å²) in [5.41, 5.74) is 3.41. The minimum Gasteiger partial charge on any atom is -0.325 e. The molecule has 0 spiro atoms. The first-order valence-corrected chi connectivity index (χ1v) is 10.1. The number of amides is 1. The third-order valence-electron chi connectivity index (χ3n) is 3.97. The molecule has 2 rings (SSSR count). The summed E-state index contributed by atoms with van der Waals surface area (Å²) in [5.74, 6) is -0.380. The molecule has 0 radical (unpaired) electrons. The fourth-order valence-electron chi connectivity index (χ4n) is 2.45. The van der Waals surface area contributed by atoms with Crippen LogP contribution in [-0.4, -0.2) is 27.1 Å². The summed E-state index contributed by atoms with van der Waals surface area (Å²) in [6.07, 6.45) is 2.89. The van der Waals surface area contributed by atoms with Gasteiger partial charge in [-0.2, -0.15) is 0 Å². The molecule has 0 bridgehead atoms. The molecule has 0 atom stereocenters. The Morgan fingerprint density at radius 1 is 0.920 bits per heavy atom. The van der Waals surface area contributed by atoms with E-state index in [1.54, 1.807) is 12.1 Å². The molecule has 0 fully saturated rings. The summed E-state index contributed by atoms with van der Waals surface area (Å²) >= 11 is 0. The van der Waals surface area contributed by atoms with Gasteiger partial charge in [0, 0.05) is 5.69 Å². The molecular weight excluding hydrogens is 336 g/mol. The maximum absolute atomic E-state index is 12.3. The molecule has 134 valence electrons. The molecule has 0 saturated carbocycles. The number of nitrogens with one attached hydrogen (secondary N) is 1. The summed E-state index contributed by atoms with van der Waals surface area (Å²) in [7, 11) is -3.56. The van der Waals surface area contributed by atoms with Crippen molar-refractivity contribution in [1.82, 2.24) is 0 Å². The molecule has 2 aromatic rings. The fourth-order valence-corrected chi connectivity index (χ4v) is 3.31. The number of anilines is 2. The minimum absolute atomic E-state index is 0.264. The van der Waals surface area contributed by atoms with Gasteiger partial charge in [-0.15, -0.1) is 0 Å². The van der Waals surface area contributed by atoms with Crippen molar-refractivity contribution in [2.75, 3.05) is 22.4 Å². The number of carbonyl (C=O) groups is 1. The van der Waals surface area contributed by atoms with E-state index in [0.717, 1.165) is 29.0 Å². The van der Waals surface area contributed by atoms with Crippen molar-refractivity contribution >= 4 is 27.3 Å². The molecule has 5 nitrogen and oxygen atoms in total. The first-order valence-electron chi connectivity index (χ1n) is 8.29. The van der Waals surface area contributed by atoms with Gasteiger partial charge in [0.15, 0.2) is 0 Å². The van der Waals surface area contributed by atoms with Gasteiger partial charge in [0.05, 0.1) is 11.9 Å². The smallest absolute Gasteiger partial charge is 0.245 e. The number of sulfonamides is 1. The summed E-state index contributed by atoms with van der Waals surface area (Å²) < 4.78 is 25.3. The van der Waals surface area contributed by atoms with Crippen LogP contribution < -0.4 is 9.62 Å². The zero-order valence-electron chi connectivity index (χ0n) is 14.8. The van der Waals surface area contributed by atoms with Crippen molar-refractivity contribution in [2.24, 2.45) is 0 Å². The lowest BCUT2D eigenvalue weighted by atomic mass is 10.1. The van der Waals surface area contributed by atoms with E-state index in [4.69, 9.17) is 0 Å². The number of aryl methyl sites for hydroxylation is 2. The third-order valence-corrected chi connectivity index (χ3v) is 5.11. The molecular formula is C19H24N2O3S. The Bertz CT molecular complexity index is 813. The van der Waals surface area contributed by atoms with Gasteiger partial charge in [-0.05, 0) is 48.2 Å². The number of carbonyl (C=O) groups excluding carboxylic acids is 1. The van der Waals surface area contributed by atoms with Gasteiger partial charge in [0.2, 0.25) is 15.9 Å². The Morgan fingerprint density at radius 3 is 1.84 bits per heavy atom. The standard InChI is InChI=1S/C19H24N2O3S/c1-4-15-6-10-17(11-7-15)20-19(22)14-21(25(3,23)24)18-12-8-16(5-2)9-13-18/h6-13H,4-5,14H2,1-3H3,(H,20,22). The highest BCUT2D eigenvalue weighted by atomic mass is 32.2. The monoisotopic (exact) mass is 360 g/mol. The lowest BCUT2D eigenvalue weighted by Gasteiger charge is -2.22. The topological polar surface area (TPSA) is 66.5 Å². The van der Waals surface area contributed by atoms with Gasteiger partial charge in [-0.1, -0.05) is 38.1 Å². The average Bonchev–Trinajstić information content (AvgIpc) is 2.59. The molecule has 6 heteroatoms. The third kappa shape index (κ3) is 5.32. The van der Waals surface area contributed by atoms with Crippen LogP contribution in [0.2, 0.25) is 0 Å². The molecule has 1 amide bonds. The second-order valence-electron chi connectivity index (χ2n) is 5.89. The van der Waals surface area contributed by atoms with Crippen molar-refractivity contribution in [3.05, 3.63) is 59.7 Å². The molecule has 0 unspecified atom stereocenters. The molecule has 0 heterocycles. The van der Waals surface area contributed by atoms with Crippen LogP contribution in [0.4, 0.5) is 11.4 Å². The minimum atomic E-state index is -3.56. The van der Waals surface area contributed by atoms with Gasteiger partial charge in [-0.3, -0.25) is 9.10 Å². The summed E-state index contributed by atoms with van der Waals surface area (Å²) in [6, 6.07) is 14.7. The first kappa shape index (κ1) is 19.0. The van der Waals surface area contributed by atoms with Gasteiger partial charge >= 0.3 is 0 Å². The van der Waals surface area contributed by atoms with E-state index in [1.165, 1.54) is 5.56 Å². The van der Waals surface area contributed by atoms with Crippen LogP contribution in [0.15, 0.2) is 48.5 Å². The second kappa shape index (κ2) is 8.16. The van der Waals surface area contributed by atoms with E-state index in [1.807, 2.05) is 43.3 Å². The van der Waals surface area contributed by atoms with Crippen LogP contribution in [0.3, 0.4) is 0 Å². The van der Waals surface area contributed by atoms with Crippen molar-refractivity contribution in [2.45, 2.75) is 26.7 Å². The quantitative estimate of drug-likeness (QED) is 0.824. The SMILES string of the molecule is CCc1ccc(NC(=O)CN(c2ccc(CC)cc2)S(C)(=O)=O)cc1. The molecule has 0 aromatic heterocycles. The molecule has 2 aromatic carbocycles. The van der Waals surface area contributed by atoms with E-state index < -0.39 is 10.0 Å². The Labute approximate surface area is 149 Å². The van der Waals surface area contributed by atoms with E-state index >= 15 is 0 Å². The normalized spacial score (nSPS) is 11.2. The highest BCUT2D eigenvalue weighted by Crippen LogP contribution is 2.19. The maximum atomic E-state index is 12.3. The zero-order chi connectivity index (χ0) is 18.4. The summed E-state index contributed by atoms with van der Waals surface area (Å²) in [5, 5.41) is 2.74. The van der Waals surface area contributed by atoms with Crippen molar-refractivity contribution in [3.8, 4) is 0 Å². The molecule has 25 heavy (non-hydrogen) atoms. The number of hydrogen-bond donors (Lipinski definition) is 1. The van der Waals surface area contributed by atoms with Crippen LogP contribution in [-0.2, 0) is 27.7 Å². The van der Waals surface area contributed by atoms with E-state index in [2.05, 4.69) is 12.2 Å². The number of rotatable bonds is 7. The Morgan fingerprint density at radius 2 is 1.40 bits per heavy atom. The number of benzene rings is 2. The second-order valence-corrected chi connectivity index (χ2v) is 7.80. The van der Waals surface area contributed by atoms with Crippen LogP contribution >= 0.6 is 0 Å². The maximum Gasteiger partial charge on any atom is 0.245 e. The van der Waals surface area contributed by atoms with Crippen LogP contribution in [0.25, 0.3) is 0 Å². The van der Waals surface area contributed by atoms with Crippen molar-refractivity contribution in [1.29, 1.82) is 0 Å². The fraction of sp³-hybridized carbons (Fsp3) is 0.316. The predicted molar refractivity (Wildman–Crippen MR) is 102 cm³/mol. The Balaban J connectivity index is 2.14. The van der Waals surface area contributed by atoms with Crippen molar-refractivity contribution < 1.29 is 13.2 Å². The van der Waals surface area contributed by atoms with Gasteiger partial charge in [0.1, 0.15) is 6.54 Å². The summed E-state index contributed by atoms with van der Waals surface area (Å²) in [6.45, 7) is 3.82. The average molecular weight is 360 g/mol.